The highest BCUT2D eigenvalue weighted by Crippen LogP contribution is 2.25. The van der Waals surface area contributed by atoms with Crippen molar-refractivity contribution < 1.29 is 17.6 Å². The summed E-state index contributed by atoms with van der Waals surface area (Å²) in [5, 5.41) is 5.12. The average molecular weight is 349 g/mol. The fraction of sp³-hybridized carbons (Fsp3) is 0.500. The van der Waals surface area contributed by atoms with Crippen molar-refractivity contribution in [1.82, 2.24) is 4.90 Å². The van der Waals surface area contributed by atoms with Crippen LogP contribution in [0.3, 0.4) is 0 Å². The molecule has 2 N–H and O–H groups in total. The van der Waals surface area contributed by atoms with Crippen molar-refractivity contribution in [3.8, 4) is 0 Å². The van der Waals surface area contributed by atoms with Gasteiger partial charge in [-0.25, -0.2) is 17.9 Å². The van der Waals surface area contributed by atoms with Crippen molar-refractivity contribution in [3.05, 3.63) is 34.1 Å². The Morgan fingerprint density at radius 3 is 2.82 bits per heavy atom. The van der Waals surface area contributed by atoms with Crippen molar-refractivity contribution >= 4 is 27.5 Å². The lowest BCUT2D eigenvalue weighted by atomic mass is 9.99. The predicted octanol–water partition coefficient (Wildman–Crippen LogP) is 1.93. The number of halogens is 2. The number of carbonyl (C=O) groups is 1. The van der Waals surface area contributed by atoms with Gasteiger partial charge in [0.2, 0.25) is 10.0 Å². The van der Waals surface area contributed by atoms with Crippen LogP contribution < -0.4 is 5.14 Å². The van der Waals surface area contributed by atoms with Gasteiger partial charge < -0.3 is 4.90 Å². The summed E-state index contributed by atoms with van der Waals surface area (Å²) in [6, 6.07) is 2.54. The molecule has 0 aromatic heterocycles. The molecule has 1 aliphatic heterocycles. The Kier molecular flexibility index (Phi) is 5.09. The molecule has 0 radical (unpaired) electrons. The Bertz CT molecular complexity index is 694. The highest BCUT2D eigenvalue weighted by atomic mass is 35.5. The van der Waals surface area contributed by atoms with Crippen LogP contribution in [0.15, 0.2) is 12.1 Å². The van der Waals surface area contributed by atoms with E-state index in [0.29, 0.717) is 31.5 Å². The average Bonchev–Trinajstić information content (AvgIpc) is 2.40. The summed E-state index contributed by atoms with van der Waals surface area (Å²) < 4.78 is 35.8. The molecule has 22 heavy (non-hydrogen) atoms. The van der Waals surface area contributed by atoms with Crippen LogP contribution in [0.25, 0.3) is 0 Å². The number of benzene rings is 1. The van der Waals surface area contributed by atoms with Crippen LogP contribution in [-0.2, 0) is 10.0 Å². The number of amides is 1. The zero-order chi connectivity index (χ0) is 16.5. The summed E-state index contributed by atoms with van der Waals surface area (Å²) in [7, 11) is -3.57. The van der Waals surface area contributed by atoms with E-state index in [4.69, 9.17) is 16.7 Å². The summed E-state index contributed by atoms with van der Waals surface area (Å²) in [5.41, 5.74) is 0.572. The van der Waals surface area contributed by atoms with Gasteiger partial charge in [-0.05, 0) is 43.4 Å². The number of piperidine rings is 1. The highest BCUT2D eigenvalue weighted by Gasteiger charge is 2.28. The molecule has 1 amide bonds. The lowest BCUT2D eigenvalue weighted by molar-refractivity contribution is 0.0684. The largest absolute Gasteiger partial charge is 0.338 e. The Balaban J connectivity index is 2.17. The molecular formula is C14H18ClFN2O3S. The molecule has 1 aromatic carbocycles. The van der Waals surface area contributed by atoms with Crippen molar-refractivity contribution in [2.45, 2.75) is 19.8 Å². The second kappa shape index (κ2) is 6.52. The maximum Gasteiger partial charge on any atom is 0.255 e. The summed E-state index contributed by atoms with van der Waals surface area (Å²) in [5.74, 6) is -1.11. The SMILES string of the molecule is Cc1cc(C(=O)N2CCC[C@@H](CS(N)(=O)=O)C2)c(Cl)cc1F. The number of rotatable bonds is 3. The first-order valence-electron chi connectivity index (χ1n) is 6.93. The number of aryl methyl sites for hydroxylation is 1. The van der Waals surface area contributed by atoms with E-state index in [-0.39, 0.29) is 28.2 Å². The molecule has 1 heterocycles. The molecule has 1 atom stereocenters. The lowest BCUT2D eigenvalue weighted by Crippen LogP contribution is -2.42. The maximum atomic E-state index is 13.4. The minimum atomic E-state index is -3.57. The zero-order valence-corrected chi connectivity index (χ0v) is 13.8. The molecule has 0 spiro atoms. The second-order valence-corrected chi connectivity index (χ2v) is 7.74. The standard InChI is InChI=1S/C14H18ClFN2O3S/c1-9-5-11(12(15)6-13(9)16)14(19)18-4-2-3-10(7-18)8-22(17,20)21/h5-6,10H,2-4,7-8H2,1H3,(H2,17,20,21)/t10-/m1/s1. The fourth-order valence-electron chi connectivity index (χ4n) is 2.71. The van der Waals surface area contributed by atoms with Crippen molar-refractivity contribution in [2.24, 2.45) is 11.1 Å². The van der Waals surface area contributed by atoms with Gasteiger partial charge in [0.15, 0.2) is 0 Å². The third-order valence-electron chi connectivity index (χ3n) is 3.75. The quantitative estimate of drug-likeness (QED) is 0.906. The van der Waals surface area contributed by atoms with Crippen molar-refractivity contribution in [1.29, 1.82) is 0 Å². The van der Waals surface area contributed by atoms with E-state index in [1.807, 2.05) is 0 Å². The molecule has 1 fully saturated rings. The minimum Gasteiger partial charge on any atom is -0.338 e. The maximum absolute atomic E-state index is 13.4. The van der Waals surface area contributed by atoms with Crippen LogP contribution in [-0.4, -0.2) is 38.1 Å². The van der Waals surface area contributed by atoms with Gasteiger partial charge in [-0.15, -0.1) is 0 Å². The summed E-state index contributed by atoms with van der Waals surface area (Å²) >= 11 is 5.96. The van der Waals surface area contributed by atoms with Crippen LogP contribution in [0.5, 0.6) is 0 Å². The number of carbonyl (C=O) groups excluding carboxylic acids is 1. The van der Waals surface area contributed by atoms with E-state index in [0.717, 1.165) is 6.07 Å². The first-order chi connectivity index (χ1) is 10.2. The fourth-order valence-corrected chi connectivity index (χ4v) is 3.87. The Hall–Kier alpha value is -1.18. The van der Waals surface area contributed by atoms with Gasteiger partial charge in [0.25, 0.3) is 5.91 Å². The van der Waals surface area contributed by atoms with Gasteiger partial charge in [0.1, 0.15) is 5.82 Å². The zero-order valence-electron chi connectivity index (χ0n) is 12.2. The van der Waals surface area contributed by atoms with E-state index in [1.165, 1.54) is 6.07 Å². The summed E-state index contributed by atoms with van der Waals surface area (Å²) in [6.07, 6.45) is 1.40. The normalized spacial score (nSPS) is 19.3. The summed E-state index contributed by atoms with van der Waals surface area (Å²) in [4.78, 5) is 14.1. The highest BCUT2D eigenvalue weighted by molar-refractivity contribution is 7.89. The van der Waals surface area contributed by atoms with Gasteiger partial charge in [-0.3, -0.25) is 4.79 Å². The minimum absolute atomic E-state index is 0.0571. The molecule has 0 unspecified atom stereocenters. The van der Waals surface area contributed by atoms with E-state index in [9.17, 15) is 17.6 Å². The first-order valence-corrected chi connectivity index (χ1v) is 9.02. The monoisotopic (exact) mass is 348 g/mol. The van der Waals surface area contributed by atoms with E-state index >= 15 is 0 Å². The Morgan fingerprint density at radius 1 is 1.50 bits per heavy atom. The number of nitrogens with two attached hydrogens (primary N) is 1. The summed E-state index contributed by atoms with van der Waals surface area (Å²) in [6.45, 7) is 2.39. The molecule has 0 aliphatic carbocycles. The van der Waals surface area contributed by atoms with E-state index < -0.39 is 15.8 Å². The van der Waals surface area contributed by atoms with Crippen LogP contribution in [0.4, 0.5) is 4.39 Å². The van der Waals surface area contributed by atoms with Gasteiger partial charge >= 0.3 is 0 Å². The Morgan fingerprint density at radius 2 is 2.18 bits per heavy atom. The number of nitrogens with zero attached hydrogens (tertiary/aromatic N) is 1. The molecule has 1 aliphatic rings. The number of sulfonamides is 1. The number of hydrogen-bond acceptors (Lipinski definition) is 3. The van der Waals surface area contributed by atoms with Crippen LogP contribution in [0.2, 0.25) is 5.02 Å². The van der Waals surface area contributed by atoms with Gasteiger partial charge in [-0.1, -0.05) is 11.6 Å². The van der Waals surface area contributed by atoms with Gasteiger partial charge in [0, 0.05) is 13.1 Å². The van der Waals surface area contributed by atoms with Crippen LogP contribution in [0, 0.1) is 18.7 Å². The third-order valence-corrected chi connectivity index (χ3v) is 5.00. The molecule has 2 rings (SSSR count). The second-order valence-electron chi connectivity index (χ2n) is 5.67. The van der Waals surface area contributed by atoms with Crippen LogP contribution in [0.1, 0.15) is 28.8 Å². The molecule has 5 nitrogen and oxygen atoms in total. The smallest absolute Gasteiger partial charge is 0.255 e. The number of likely N-dealkylation sites (tertiary alicyclic amines) is 1. The third kappa shape index (κ3) is 4.18. The van der Waals surface area contributed by atoms with Crippen molar-refractivity contribution in [2.75, 3.05) is 18.8 Å². The lowest BCUT2D eigenvalue weighted by Gasteiger charge is -2.32. The van der Waals surface area contributed by atoms with Crippen LogP contribution >= 0.6 is 11.6 Å². The number of primary sulfonamides is 1. The molecule has 8 heteroatoms. The molecule has 1 saturated heterocycles. The molecule has 0 bridgehead atoms. The number of hydrogen-bond donors (Lipinski definition) is 1. The van der Waals surface area contributed by atoms with Crippen molar-refractivity contribution in [3.63, 3.8) is 0 Å². The van der Waals surface area contributed by atoms with E-state index in [2.05, 4.69) is 0 Å². The van der Waals surface area contributed by atoms with Gasteiger partial charge in [0.05, 0.1) is 16.3 Å². The Labute approximate surface area is 134 Å². The molecular weight excluding hydrogens is 331 g/mol. The molecule has 0 saturated carbocycles. The van der Waals surface area contributed by atoms with E-state index in [1.54, 1.807) is 11.8 Å². The topological polar surface area (TPSA) is 80.5 Å². The van der Waals surface area contributed by atoms with Gasteiger partial charge in [-0.2, -0.15) is 0 Å². The molecule has 122 valence electrons. The predicted molar refractivity (Wildman–Crippen MR) is 82.7 cm³/mol. The first kappa shape index (κ1) is 17.2. The molecule has 1 aromatic rings.